The molecule has 4 aromatic carbocycles. The van der Waals surface area contributed by atoms with E-state index in [0.717, 1.165) is 30.4 Å². The minimum Gasteiger partial charge on any atom is -0.478 e. The van der Waals surface area contributed by atoms with Crippen LogP contribution in [0.4, 0.5) is 0 Å². The Morgan fingerprint density at radius 1 is 0.274 bits per heavy atom. The zero-order chi connectivity index (χ0) is 80.6. The molecule has 0 saturated heterocycles. The van der Waals surface area contributed by atoms with Crippen LogP contribution >= 0.6 is 0 Å². The van der Waals surface area contributed by atoms with Crippen LogP contribution in [0.15, 0.2) is 197 Å². The summed E-state index contributed by atoms with van der Waals surface area (Å²) >= 11 is 0. The molecule has 14 nitrogen and oxygen atoms in total. The van der Waals surface area contributed by atoms with Crippen LogP contribution in [0.2, 0.25) is 0 Å². The first kappa shape index (κ1) is 148. The van der Waals surface area contributed by atoms with Crippen molar-refractivity contribution in [3.05, 3.63) is 208 Å². The first-order valence-electron chi connectivity index (χ1n) is 33.6. The van der Waals surface area contributed by atoms with Crippen LogP contribution in [-0.2, 0) is 61.9 Å². The van der Waals surface area contributed by atoms with E-state index in [0.29, 0.717) is 26.4 Å². The average molecular weight is 1360 g/mol. The van der Waals surface area contributed by atoms with Crippen molar-refractivity contribution < 1.29 is 67.0 Å². The molecule has 0 spiro atoms. The number of hydrogen-bond donors (Lipinski definition) is 1. The summed E-state index contributed by atoms with van der Waals surface area (Å²) in [4.78, 5) is 49.5. The molecular formula is C81H160O14. The number of aryl methyl sites for hydroxylation is 2. The predicted molar refractivity (Wildman–Crippen MR) is 428 cm³/mol. The topological polar surface area (TPSA) is 179 Å². The SMILES string of the molecule is C=CC(=O)O.C=CC(=O)OCC.C=CC(=O)OCC.C=CC(=O)OCC.C=CC(=O)OCC.CC.CC.CC.CC.CC.CC.CC.CC.CC.CC.CC.CC.COC.COC.COC.COC.Cc1ccccc1.Cc1ccccc1.c1ccccc1.c1ccccc1. The molecule has 1 N–H and O–H groups in total. The van der Waals surface area contributed by atoms with Gasteiger partial charge in [-0.2, -0.15) is 0 Å². The van der Waals surface area contributed by atoms with E-state index >= 15 is 0 Å². The van der Waals surface area contributed by atoms with Crippen molar-refractivity contribution in [2.45, 2.75) is 208 Å². The van der Waals surface area contributed by atoms with Crippen LogP contribution in [0.5, 0.6) is 0 Å². The second-order valence-corrected chi connectivity index (χ2v) is 11.6. The fraction of sp³-hybridized carbons (Fsp3) is 0.519. The number of carboxylic acids is 1. The van der Waals surface area contributed by atoms with Crippen LogP contribution in [-0.4, -0.2) is 118 Å². The highest BCUT2D eigenvalue weighted by Crippen LogP contribution is 1.93. The van der Waals surface area contributed by atoms with E-state index in [1.807, 2.05) is 275 Å². The minimum atomic E-state index is -0.981. The van der Waals surface area contributed by atoms with Gasteiger partial charge in [-0.1, -0.05) is 344 Å². The maximum absolute atomic E-state index is 10.1. The first-order valence-corrected chi connectivity index (χ1v) is 33.6. The van der Waals surface area contributed by atoms with Gasteiger partial charge in [0.05, 0.1) is 26.4 Å². The third kappa shape index (κ3) is 341. The Balaban J connectivity index is -0.0000000322. The molecule has 0 fully saturated rings. The zero-order valence-corrected chi connectivity index (χ0v) is 69.2. The van der Waals surface area contributed by atoms with Crippen LogP contribution in [0, 0.1) is 13.8 Å². The minimum absolute atomic E-state index is 0.359. The highest BCUT2D eigenvalue weighted by Gasteiger charge is 1.88. The predicted octanol–water partition coefficient (Wildman–Crippen LogP) is 23.9. The number of aliphatic carboxylic acids is 1. The number of carboxylic acid groups (broad SMARTS) is 1. The second kappa shape index (κ2) is 229. The molecule has 568 valence electrons. The highest BCUT2D eigenvalue weighted by molar-refractivity contribution is 5.82. The van der Waals surface area contributed by atoms with Gasteiger partial charge in [-0.25, -0.2) is 24.0 Å². The summed E-state index contributed by atoms with van der Waals surface area (Å²) in [6.07, 6.45) is 5.40. The van der Waals surface area contributed by atoms with Crippen molar-refractivity contribution in [3.8, 4) is 0 Å². The van der Waals surface area contributed by atoms with Crippen molar-refractivity contribution >= 4 is 29.8 Å². The summed E-state index contributed by atoms with van der Waals surface area (Å²) in [5.41, 5.74) is 2.64. The molecule has 0 atom stereocenters. The van der Waals surface area contributed by atoms with E-state index < -0.39 is 5.97 Å². The number of hydrogen-bond acceptors (Lipinski definition) is 13. The number of carbonyl (C=O) groups excluding carboxylic acids is 4. The fourth-order valence-electron chi connectivity index (χ4n) is 2.64. The van der Waals surface area contributed by atoms with Gasteiger partial charge in [0.2, 0.25) is 0 Å². The Bertz CT molecular complexity index is 1460. The van der Waals surface area contributed by atoms with E-state index in [1.54, 1.807) is 84.6 Å². The third-order valence-corrected chi connectivity index (χ3v) is 5.20. The lowest BCUT2D eigenvalue weighted by Crippen LogP contribution is -1.97. The molecule has 0 radical (unpaired) electrons. The van der Waals surface area contributed by atoms with E-state index in [9.17, 15) is 24.0 Å². The molecule has 0 saturated carbocycles. The summed E-state index contributed by atoms with van der Waals surface area (Å²) < 4.78 is 34.7. The third-order valence-electron chi connectivity index (χ3n) is 5.20. The zero-order valence-electron chi connectivity index (χ0n) is 69.2. The lowest BCUT2D eigenvalue weighted by Gasteiger charge is -1.90. The highest BCUT2D eigenvalue weighted by atomic mass is 16.5. The molecule has 0 bridgehead atoms. The van der Waals surface area contributed by atoms with Gasteiger partial charge < -0.3 is 43.0 Å². The number of methoxy groups -OCH3 is 4. The lowest BCUT2D eigenvalue weighted by atomic mass is 10.2. The standard InChI is InChI=1S/2C7H8.2C6H6.4C5H8O2.C3H4O2.4C2H6O.12C2H6/c2*1-7-5-3-2-4-6-7;2*1-2-4-6-5-3-1;4*1-3-5(6)7-4-2;1-2-3(4)5;4*1-3-2;12*1-2/h2*2-6H,1H3;2*1-6H;4*3H,1,4H2,2H3;2H,1H2,(H,4,5);4*1-2H3;12*1-2H3. The number of esters is 4. The van der Waals surface area contributed by atoms with Crippen LogP contribution in [0.25, 0.3) is 0 Å². The molecule has 0 aliphatic carbocycles. The number of rotatable bonds is 9. The Morgan fingerprint density at radius 3 is 0.411 bits per heavy atom. The van der Waals surface area contributed by atoms with E-state index in [2.05, 4.69) is 109 Å². The number of carbonyl (C=O) groups is 5. The molecule has 4 rings (SSSR count). The van der Waals surface area contributed by atoms with E-state index in [4.69, 9.17) is 5.11 Å². The summed E-state index contributed by atoms with van der Waals surface area (Å²) in [5.74, 6) is -2.42. The molecule has 0 amide bonds. The maximum Gasteiger partial charge on any atom is 0.330 e. The average Bonchev–Trinajstić information content (AvgIpc) is 3.70. The molecule has 0 aliphatic rings. The first-order chi connectivity index (χ1) is 45.9. The Kier molecular flexibility index (Phi) is 358. The Labute approximate surface area is 593 Å². The van der Waals surface area contributed by atoms with E-state index in [1.165, 1.54) is 11.1 Å². The van der Waals surface area contributed by atoms with Crippen molar-refractivity contribution in [1.29, 1.82) is 0 Å². The van der Waals surface area contributed by atoms with Gasteiger partial charge >= 0.3 is 29.8 Å². The van der Waals surface area contributed by atoms with Gasteiger partial charge in [0, 0.05) is 87.3 Å². The van der Waals surface area contributed by atoms with Gasteiger partial charge in [0.15, 0.2) is 0 Å². The van der Waals surface area contributed by atoms with Crippen molar-refractivity contribution in [2.24, 2.45) is 0 Å². The van der Waals surface area contributed by atoms with Gasteiger partial charge in [-0.3, -0.25) is 0 Å². The van der Waals surface area contributed by atoms with Crippen molar-refractivity contribution in [1.82, 2.24) is 0 Å². The molecule has 0 aliphatic heterocycles. The molecule has 14 heteroatoms. The largest absolute Gasteiger partial charge is 0.478 e. The maximum atomic E-state index is 10.1. The normalized spacial score (nSPS) is 6.38. The molecular weight excluding hydrogens is 1200 g/mol. The number of ether oxygens (including phenoxy) is 8. The van der Waals surface area contributed by atoms with Gasteiger partial charge in [-0.05, 0) is 41.5 Å². The molecule has 4 aromatic rings. The summed E-state index contributed by atoms with van der Waals surface area (Å²) in [6.45, 7) is 76.6. The molecule has 95 heavy (non-hydrogen) atoms. The molecule has 0 heterocycles. The van der Waals surface area contributed by atoms with Gasteiger partial charge in [0.1, 0.15) is 0 Å². The van der Waals surface area contributed by atoms with Crippen molar-refractivity contribution in [2.75, 3.05) is 83.3 Å². The van der Waals surface area contributed by atoms with Gasteiger partial charge in [-0.15, -0.1) is 0 Å². The van der Waals surface area contributed by atoms with Crippen LogP contribution in [0.3, 0.4) is 0 Å². The monoisotopic (exact) mass is 1360 g/mol. The summed E-state index contributed by atoms with van der Waals surface area (Å²) in [7, 11) is 13.0. The Hall–Kier alpha value is -7.23. The summed E-state index contributed by atoms with van der Waals surface area (Å²) in [5, 5.41) is 7.60. The molecule has 0 aromatic heterocycles. The smallest absolute Gasteiger partial charge is 0.330 e. The Morgan fingerprint density at radius 2 is 0.368 bits per heavy atom. The van der Waals surface area contributed by atoms with Crippen LogP contribution in [0.1, 0.15) is 205 Å². The molecule has 0 unspecified atom stereocenters. The quantitative estimate of drug-likeness (QED) is 0.0950. The number of benzene rings is 4. The second-order valence-electron chi connectivity index (χ2n) is 11.6. The van der Waals surface area contributed by atoms with E-state index in [-0.39, 0.29) is 23.9 Å². The summed E-state index contributed by atoms with van der Waals surface area (Å²) in [6, 6.07) is 44.5. The van der Waals surface area contributed by atoms with Gasteiger partial charge in [0.25, 0.3) is 0 Å². The lowest BCUT2D eigenvalue weighted by molar-refractivity contribution is -0.138. The van der Waals surface area contributed by atoms with Crippen LogP contribution < -0.4 is 0 Å². The van der Waals surface area contributed by atoms with Crippen molar-refractivity contribution in [3.63, 3.8) is 0 Å². The fourth-order valence-corrected chi connectivity index (χ4v) is 2.64.